The highest BCUT2D eigenvalue weighted by Crippen LogP contribution is 2.48. The number of furan rings is 1. The van der Waals surface area contributed by atoms with E-state index in [2.05, 4.69) is 479 Å². The van der Waals surface area contributed by atoms with Crippen molar-refractivity contribution in [1.29, 1.82) is 0 Å². The second-order valence-corrected chi connectivity index (χ2v) is 38.1. The first-order chi connectivity index (χ1) is 71.4. The molecule has 0 radical (unpaired) electrons. The van der Waals surface area contributed by atoms with E-state index in [1.54, 1.807) is 0 Å². The van der Waals surface area contributed by atoms with Crippen LogP contribution in [0.2, 0.25) is 0 Å². The summed E-state index contributed by atoms with van der Waals surface area (Å²) in [7, 11) is 0. The minimum absolute atomic E-state index is 0.656. The topological polar surface area (TPSA) is 110 Å². The van der Waals surface area contributed by atoms with Crippen molar-refractivity contribution < 1.29 is 4.42 Å². The van der Waals surface area contributed by atoms with Crippen LogP contribution in [0.15, 0.2) is 490 Å². The molecule has 0 saturated carbocycles. The Labute approximate surface area is 828 Å². The van der Waals surface area contributed by atoms with Crippen LogP contribution in [0.5, 0.6) is 0 Å². The molecule has 31 aromatic rings. The van der Waals surface area contributed by atoms with Crippen molar-refractivity contribution in [1.82, 2.24) is 48.2 Å². The molecule has 0 unspecified atom stereocenters. The fraction of sp³-hybridized carbons (Fsp3) is 0. The van der Waals surface area contributed by atoms with E-state index in [4.69, 9.17) is 34.3 Å². The summed E-state index contributed by atoms with van der Waals surface area (Å²) in [6.07, 6.45) is 0. The summed E-state index contributed by atoms with van der Waals surface area (Å²) < 4.78 is 17.9. The van der Waals surface area contributed by atoms with E-state index >= 15 is 0 Å². The maximum absolute atomic E-state index is 6.22. The van der Waals surface area contributed by atoms with Crippen LogP contribution in [0.3, 0.4) is 0 Å². The quantitative estimate of drug-likeness (QED) is 0.134. The fourth-order valence-corrected chi connectivity index (χ4v) is 23.5. The molecule has 31 rings (SSSR count). The summed E-state index contributed by atoms with van der Waals surface area (Å²) in [5, 5.41) is 24.7. The molecule has 670 valence electrons. The molecule has 0 fully saturated rings. The van der Waals surface area contributed by atoms with Crippen LogP contribution < -0.4 is 0 Å². The van der Waals surface area contributed by atoms with Gasteiger partial charge in [0.2, 0.25) is 17.8 Å². The molecule has 0 aliphatic rings. The predicted octanol–water partition coefficient (Wildman–Crippen LogP) is 35.0. The van der Waals surface area contributed by atoms with Crippen LogP contribution in [0.1, 0.15) is 0 Å². The van der Waals surface area contributed by atoms with Crippen molar-refractivity contribution in [3.05, 3.63) is 485 Å². The number of fused-ring (bicyclic) bond motifs is 24. The largest absolute Gasteiger partial charge is 0.456 e. The van der Waals surface area contributed by atoms with Crippen molar-refractivity contribution in [3.63, 3.8) is 0 Å². The van der Waals surface area contributed by atoms with Gasteiger partial charge in [-0.3, -0.25) is 13.7 Å². The van der Waals surface area contributed by atoms with Crippen molar-refractivity contribution in [2.45, 2.75) is 0 Å². The van der Waals surface area contributed by atoms with Gasteiger partial charge >= 0.3 is 0 Å². The van der Waals surface area contributed by atoms with Crippen molar-refractivity contribution in [2.24, 2.45) is 0 Å². The Morgan fingerprint density at radius 1 is 0.174 bits per heavy atom. The zero-order valence-electron chi connectivity index (χ0n) is 77.5. The van der Waals surface area contributed by atoms with Gasteiger partial charge in [-0.15, -0.1) is 11.3 Å². The summed E-state index contributed by atoms with van der Waals surface area (Å²) in [6, 6.07) is 172. The predicted molar refractivity (Wildman–Crippen MR) is 601 cm³/mol. The average Bonchev–Trinajstić information content (AvgIpc) is 1.54. The first-order valence-corrected chi connectivity index (χ1v) is 49.5. The molecule has 144 heavy (non-hydrogen) atoms. The second-order valence-electron chi connectivity index (χ2n) is 37.1. The number of aromatic nitrogens is 10. The van der Waals surface area contributed by atoms with Gasteiger partial charge in [0.05, 0.1) is 77.8 Å². The molecule has 9 heterocycles. The summed E-state index contributed by atoms with van der Waals surface area (Å²) in [5.74, 6) is 1.99. The third kappa shape index (κ3) is 13.4. The second kappa shape index (κ2) is 33.3. The zero-order valence-corrected chi connectivity index (χ0v) is 78.3. The molecule has 0 atom stereocenters. The van der Waals surface area contributed by atoms with Crippen molar-refractivity contribution >= 4 is 206 Å². The molecule has 9 aromatic heterocycles. The Bertz CT molecular complexity index is 10300. The molecule has 0 saturated heterocycles. The highest BCUT2D eigenvalue weighted by atomic mass is 32.1. The van der Waals surface area contributed by atoms with Crippen LogP contribution in [0.25, 0.3) is 285 Å². The zero-order chi connectivity index (χ0) is 94.6. The van der Waals surface area contributed by atoms with E-state index in [9.17, 15) is 0 Å². The van der Waals surface area contributed by atoms with Crippen LogP contribution >= 0.6 is 11.3 Å². The lowest BCUT2D eigenvalue weighted by Gasteiger charge is -2.14. The number of nitrogens with zero attached hydrogens (tertiary/aromatic N) is 10. The Morgan fingerprint density at radius 2 is 0.493 bits per heavy atom. The molecule has 0 amide bonds. The number of rotatable bonds is 10. The molecule has 0 aliphatic carbocycles. The lowest BCUT2D eigenvalue weighted by molar-refractivity contribution is 0.669. The van der Waals surface area contributed by atoms with Gasteiger partial charge in [-0.2, -0.15) is 0 Å². The minimum Gasteiger partial charge on any atom is -0.456 e. The SMILES string of the molecule is c1ccc(-c2nc(-n3c4ccccc4c4cc5ccccc5cc43)nc3ccc(-c4cccc5c4c4ccccc4n5-c4ccccc4)cc23)cc1.c1ccc(-c2nc(-n3c4ccccc4c4cc5ccccc5cc43)nc3ccc(-c4cccc5oc6ccccc6c45)cc23)cc1.c1ccc(-c2nc(-n3c4ccccc4c4cc5ccccc5cc43)nc3ccc(-c4cccc5sc6ccccc6c45)cc23)cc1. The third-order valence-corrected chi connectivity index (χ3v) is 30.0. The van der Waals surface area contributed by atoms with Crippen LogP contribution in [-0.2, 0) is 0 Å². The van der Waals surface area contributed by atoms with E-state index in [1.165, 1.54) is 123 Å². The number of hydrogen-bond acceptors (Lipinski definition) is 8. The summed E-state index contributed by atoms with van der Waals surface area (Å²) >= 11 is 1.85. The summed E-state index contributed by atoms with van der Waals surface area (Å²) in [6.45, 7) is 0. The Balaban J connectivity index is 0.000000103. The molecular formula is C132H80N10OS. The molecule has 0 aliphatic heterocycles. The lowest BCUT2D eigenvalue weighted by atomic mass is 9.96. The minimum atomic E-state index is 0.656. The van der Waals surface area contributed by atoms with Crippen LogP contribution in [-0.4, -0.2) is 48.2 Å². The van der Waals surface area contributed by atoms with Gasteiger partial charge in [-0.05, 0) is 205 Å². The number of hydrogen-bond donors (Lipinski definition) is 0. The average molecular weight is 1850 g/mol. The first kappa shape index (κ1) is 82.0. The van der Waals surface area contributed by atoms with Gasteiger partial charge in [-0.25, -0.2) is 29.9 Å². The molecule has 0 spiro atoms. The standard InChI is InChI=1S/C48H30N4.C42H25N3O.C42H25N3S/c1-3-14-31(15-4-1)47-40-29-34(36-22-13-25-44-46(36)38-21-10-12-24-43(38)51(44)35-18-5-2-6-19-35)26-27-41(40)49-48(50-47)52-42-23-11-9-20-37(42)39-28-32-16-7-8-17-33(32)30-45(39)52;2*1-2-11-26(12-3-1)41-34-24-29(30-17-10-20-39-40(30)32-16-7-9-19-38(32)46-39)21-22-35(34)43-42(44-41)45-36-18-8-6-15-31(36)33-23-27-13-4-5-14-28(27)25-37(33)45/h1-30H;2*1-25H. The third-order valence-electron chi connectivity index (χ3n) is 28.9. The first-order valence-electron chi connectivity index (χ1n) is 48.7. The summed E-state index contributed by atoms with van der Waals surface area (Å²) in [5.41, 5.74) is 27.4. The lowest BCUT2D eigenvalue weighted by Crippen LogP contribution is -2.03. The van der Waals surface area contributed by atoms with Crippen molar-refractivity contribution in [2.75, 3.05) is 0 Å². The molecule has 0 bridgehead atoms. The van der Waals surface area contributed by atoms with Crippen molar-refractivity contribution in [3.8, 4) is 90.7 Å². The Kier molecular flexibility index (Phi) is 19.0. The highest BCUT2D eigenvalue weighted by molar-refractivity contribution is 7.26. The molecule has 11 nitrogen and oxygen atoms in total. The van der Waals surface area contributed by atoms with E-state index in [-0.39, 0.29) is 0 Å². The van der Waals surface area contributed by atoms with E-state index in [0.717, 1.165) is 144 Å². The van der Waals surface area contributed by atoms with Gasteiger partial charge in [0.15, 0.2) is 0 Å². The number of para-hydroxylation sites is 6. The van der Waals surface area contributed by atoms with Gasteiger partial charge in [0.25, 0.3) is 0 Å². The maximum atomic E-state index is 6.22. The van der Waals surface area contributed by atoms with E-state index in [1.807, 2.05) is 35.6 Å². The van der Waals surface area contributed by atoms with Gasteiger partial charge in [-0.1, -0.05) is 346 Å². The Morgan fingerprint density at radius 3 is 0.938 bits per heavy atom. The Hall–Kier alpha value is -19.1. The fourth-order valence-electron chi connectivity index (χ4n) is 22.4. The van der Waals surface area contributed by atoms with Gasteiger partial charge < -0.3 is 8.98 Å². The normalized spacial score (nSPS) is 11.9. The highest BCUT2D eigenvalue weighted by Gasteiger charge is 2.27. The maximum Gasteiger partial charge on any atom is 0.235 e. The monoisotopic (exact) mass is 1850 g/mol. The molecule has 12 heteroatoms. The van der Waals surface area contributed by atoms with E-state index < -0.39 is 0 Å². The number of benzene rings is 22. The van der Waals surface area contributed by atoms with E-state index in [0.29, 0.717) is 17.8 Å². The smallest absolute Gasteiger partial charge is 0.235 e. The molecular weight excluding hydrogens is 1770 g/mol. The van der Waals surface area contributed by atoms with Crippen LogP contribution in [0.4, 0.5) is 0 Å². The van der Waals surface area contributed by atoms with Gasteiger partial charge in [0, 0.05) is 113 Å². The number of thiophene rings is 1. The molecule has 22 aromatic carbocycles. The summed E-state index contributed by atoms with van der Waals surface area (Å²) in [4.78, 5) is 32.0. The van der Waals surface area contributed by atoms with Crippen LogP contribution in [0, 0.1) is 0 Å². The molecule has 0 N–H and O–H groups in total. The van der Waals surface area contributed by atoms with Gasteiger partial charge in [0.1, 0.15) is 11.2 Å².